The van der Waals surface area contributed by atoms with Gasteiger partial charge in [0.2, 0.25) is 0 Å². The lowest BCUT2D eigenvalue weighted by Crippen LogP contribution is -2.48. The highest BCUT2D eigenvalue weighted by Gasteiger charge is 2.24. The van der Waals surface area contributed by atoms with Crippen LogP contribution < -0.4 is 0 Å². The molecule has 1 fully saturated rings. The zero-order valence-corrected chi connectivity index (χ0v) is 10.9. The van der Waals surface area contributed by atoms with Crippen LogP contribution in [0.2, 0.25) is 5.15 Å². The van der Waals surface area contributed by atoms with Gasteiger partial charge < -0.3 is 9.80 Å². The van der Waals surface area contributed by atoms with Crippen LogP contribution in [0.5, 0.6) is 0 Å². The number of carbonyl (C=O) groups excluding carboxylic acids is 1. The van der Waals surface area contributed by atoms with Crippen molar-refractivity contribution in [3.8, 4) is 0 Å². The van der Waals surface area contributed by atoms with Gasteiger partial charge in [-0.05, 0) is 6.54 Å². The van der Waals surface area contributed by atoms with Crippen LogP contribution in [0.3, 0.4) is 0 Å². The summed E-state index contributed by atoms with van der Waals surface area (Å²) >= 11 is 6.02. The molecule has 1 aliphatic heterocycles. The van der Waals surface area contributed by atoms with Crippen LogP contribution in [0.25, 0.3) is 0 Å². The molecule has 1 aliphatic rings. The van der Waals surface area contributed by atoms with E-state index in [9.17, 15) is 4.79 Å². The van der Waals surface area contributed by atoms with Gasteiger partial charge in [-0.2, -0.15) is 5.10 Å². The molecule has 1 aromatic heterocycles. The van der Waals surface area contributed by atoms with Crippen LogP contribution in [0.1, 0.15) is 17.3 Å². The van der Waals surface area contributed by atoms with Gasteiger partial charge >= 0.3 is 0 Å². The summed E-state index contributed by atoms with van der Waals surface area (Å²) in [5.41, 5.74) is 0.499. The molecular weight excluding hydrogens is 240 g/mol. The van der Waals surface area contributed by atoms with Crippen molar-refractivity contribution in [3.63, 3.8) is 0 Å². The Hall–Kier alpha value is -1.07. The van der Waals surface area contributed by atoms with E-state index in [1.807, 2.05) is 4.90 Å². The molecule has 0 aromatic carbocycles. The Balaban J connectivity index is 2.04. The van der Waals surface area contributed by atoms with Gasteiger partial charge in [0.25, 0.3) is 5.91 Å². The second kappa shape index (κ2) is 5.06. The fraction of sp³-hybridized carbons (Fsp3) is 0.636. The summed E-state index contributed by atoms with van der Waals surface area (Å²) in [6.45, 7) is 6.56. The van der Waals surface area contributed by atoms with E-state index in [4.69, 9.17) is 11.6 Å². The number of carbonyl (C=O) groups is 1. The highest BCUT2D eigenvalue weighted by molar-refractivity contribution is 6.32. The van der Waals surface area contributed by atoms with Crippen LogP contribution >= 0.6 is 11.6 Å². The maximum Gasteiger partial charge on any atom is 0.258 e. The minimum Gasteiger partial charge on any atom is -0.336 e. The molecular formula is C11H17ClN4O. The van der Waals surface area contributed by atoms with E-state index in [2.05, 4.69) is 16.9 Å². The van der Waals surface area contributed by atoms with Crippen LogP contribution in [-0.2, 0) is 7.05 Å². The van der Waals surface area contributed by atoms with Crippen molar-refractivity contribution in [1.82, 2.24) is 19.6 Å². The maximum atomic E-state index is 12.2. The molecule has 0 saturated carbocycles. The average Bonchev–Trinajstić information content (AvgIpc) is 2.69. The minimum absolute atomic E-state index is 0.0150. The molecule has 0 radical (unpaired) electrons. The number of nitrogens with zero attached hydrogens (tertiary/aromatic N) is 4. The molecule has 0 unspecified atom stereocenters. The lowest BCUT2D eigenvalue weighted by molar-refractivity contribution is 0.0643. The van der Waals surface area contributed by atoms with Gasteiger partial charge in [0.05, 0.1) is 11.8 Å². The van der Waals surface area contributed by atoms with Gasteiger partial charge in [0.15, 0.2) is 0 Å². The van der Waals surface area contributed by atoms with Crippen LogP contribution in [0.4, 0.5) is 0 Å². The number of amides is 1. The lowest BCUT2D eigenvalue weighted by Gasteiger charge is -2.33. The van der Waals surface area contributed by atoms with Gasteiger partial charge in [0.1, 0.15) is 5.15 Å². The van der Waals surface area contributed by atoms with Gasteiger partial charge in [-0.1, -0.05) is 18.5 Å². The fourth-order valence-electron chi connectivity index (χ4n) is 2.00. The Labute approximate surface area is 106 Å². The normalized spacial score (nSPS) is 17.5. The lowest BCUT2D eigenvalue weighted by atomic mass is 10.2. The highest BCUT2D eigenvalue weighted by atomic mass is 35.5. The Morgan fingerprint density at radius 1 is 1.41 bits per heavy atom. The van der Waals surface area contributed by atoms with Crippen molar-refractivity contribution in [1.29, 1.82) is 0 Å². The number of hydrogen-bond donors (Lipinski definition) is 0. The maximum absolute atomic E-state index is 12.2. The summed E-state index contributed by atoms with van der Waals surface area (Å²) in [4.78, 5) is 16.4. The summed E-state index contributed by atoms with van der Waals surface area (Å²) in [6, 6.07) is 0. The van der Waals surface area contributed by atoms with Crippen molar-refractivity contribution in [2.75, 3.05) is 32.7 Å². The van der Waals surface area contributed by atoms with E-state index < -0.39 is 0 Å². The largest absolute Gasteiger partial charge is 0.336 e. The molecule has 94 valence electrons. The highest BCUT2D eigenvalue weighted by Crippen LogP contribution is 2.17. The Bertz CT molecular complexity index is 410. The monoisotopic (exact) mass is 256 g/mol. The average molecular weight is 257 g/mol. The number of likely N-dealkylation sites (N-methyl/N-ethyl adjacent to an activating group) is 1. The molecule has 1 amide bonds. The van der Waals surface area contributed by atoms with E-state index in [0.29, 0.717) is 10.7 Å². The number of rotatable bonds is 2. The molecule has 0 atom stereocenters. The van der Waals surface area contributed by atoms with Crippen molar-refractivity contribution in [2.45, 2.75) is 6.92 Å². The van der Waals surface area contributed by atoms with Crippen molar-refractivity contribution >= 4 is 17.5 Å². The van der Waals surface area contributed by atoms with Gasteiger partial charge in [0, 0.05) is 33.2 Å². The SMILES string of the molecule is CCN1CCN(C(=O)c2cnn(C)c2Cl)CC1. The molecule has 1 saturated heterocycles. The number of hydrogen-bond acceptors (Lipinski definition) is 3. The summed E-state index contributed by atoms with van der Waals surface area (Å²) in [7, 11) is 1.73. The third-order valence-corrected chi connectivity index (χ3v) is 3.65. The summed E-state index contributed by atoms with van der Waals surface area (Å²) < 4.78 is 1.51. The summed E-state index contributed by atoms with van der Waals surface area (Å²) in [5.74, 6) is -0.0150. The van der Waals surface area contributed by atoms with E-state index in [0.717, 1.165) is 32.7 Å². The predicted molar refractivity (Wildman–Crippen MR) is 66.2 cm³/mol. The predicted octanol–water partition coefficient (Wildman–Crippen LogP) is 0.851. The molecule has 2 heterocycles. The molecule has 0 N–H and O–H groups in total. The second-order valence-electron chi connectivity index (χ2n) is 4.20. The van der Waals surface area contributed by atoms with Crippen molar-refractivity contribution < 1.29 is 4.79 Å². The van der Waals surface area contributed by atoms with Crippen molar-refractivity contribution in [3.05, 3.63) is 16.9 Å². The number of halogens is 1. The number of aryl methyl sites for hydroxylation is 1. The number of aromatic nitrogens is 2. The fourth-order valence-corrected chi connectivity index (χ4v) is 2.18. The van der Waals surface area contributed by atoms with Crippen LogP contribution in [0.15, 0.2) is 6.20 Å². The van der Waals surface area contributed by atoms with Crippen molar-refractivity contribution in [2.24, 2.45) is 7.05 Å². The molecule has 0 bridgehead atoms. The smallest absolute Gasteiger partial charge is 0.258 e. The molecule has 1 aromatic rings. The van der Waals surface area contributed by atoms with E-state index >= 15 is 0 Å². The first-order chi connectivity index (χ1) is 8.13. The third-order valence-electron chi connectivity index (χ3n) is 3.20. The Morgan fingerprint density at radius 2 is 2.06 bits per heavy atom. The zero-order valence-electron chi connectivity index (χ0n) is 10.2. The molecule has 0 aliphatic carbocycles. The second-order valence-corrected chi connectivity index (χ2v) is 4.56. The van der Waals surface area contributed by atoms with Crippen LogP contribution in [0, 0.1) is 0 Å². The Morgan fingerprint density at radius 3 is 2.53 bits per heavy atom. The third kappa shape index (κ3) is 2.45. The first-order valence-electron chi connectivity index (χ1n) is 5.82. The van der Waals surface area contributed by atoms with Gasteiger partial charge in [-0.15, -0.1) is 0 Å². The summed E-state index contributed by atoms with van der Waals surface area (Å²) in [6.07, 6.45) is 1.54. The number of piperazine rings is 1. The standard InChI is InChI=1S/C11H17ClN4O/c1-3-15-4-6-16(7-5-15)11(17)9-8-13-14(2)10(9)12/h8H,3-7H2,1-2H3. The summed E-state index contributed by atoms with van der Waals surface area (Å²) in [5, 5.41) is 4.40. The topological polar surface area (TPSA) is 41.4 Å². The first kappa shape index (κ1) is 12.4. The molecule has 5 nitrogen and oxygen atoms in total. The molecule has 6 heteroatoms. The van der Waals surface area contributed by atoms with E-state index in [1.165, 1.54) is 10.9 Å². The van der Waals surface area contributed by atoms with E-state index in [1.54, 1.807) is 7.05 Å². The molecule has 17 heavy (non-hydrogen) atoms. The minimum atomic E-state index is -0.0150. The van der Waals surface area contributed by atoms with Crippen LogP contribution in [-0.4, -0.2) is 58.2 Å². The molecule has 2 rings (SSSR count). The van der Waals surface area contributed by atoms with E-state index in [-0.39, 0.29) is 5.91 Å². The first-order valence-corrected chi connectivity index (χ1v) is 6.20. The quantitative estimate of drug-likeness (QED) is 0.788. The van der Waals surface area contributed by atoms with Gasteiger partial charge in [-0.25, -0.2) is 0 Å². The zero-order chi connectivity index (χ0) is 12.4. The molecule has 0 spiro atoms. The Kier molecular flexibility index (Phi) is 3.69. The van der Waals surface area contributed by atoms with Gasteiger partial charge in [-0.3, -0.25) is 9.48 Å².